The molecule has 1 heterocycles. The van der Waals surface area contributed by atoms with Crippen molar-refractivity contribution >= 4 is 0 Å². The Morgan fingerprint density at radius 1 is 1.32 bits per heavy atom. The lowest BCUT2D eigenvalue weighted by Crippen LogP contribution is -2.38. The third kappa shape index (κ3) is 3.51. The van der Waals surface area contributed by atoms with Crippen molar-refractivity contribution in [3.05, 3.63) is 35.4 Å². The number of hydrogen-bond donors (Lipinski definition) is 1. The van der Waals surface area contributed by atoms with E-state index >= 15 is 0 Å². The van der Waals surface area contributed by atoms with E-state index in [4.69, 9.17) is 4.74 Å². The Bertz CT molecular complexity index is 430. The van der Waals surface area contributed by atoms with Crippen molar-refractivity contribution in [3.63, 3.8) is 0 Å². The second-order valence-electron chi connectivity index (χ2n) is 5.67. The van der Waals surface area contributed by atoms with Crippen LogP contribution in [0.1, 0.15) is 38.3 Å². The molecule has 1 N–H and O–H groups in total. The van der Waals surface area contributed by atoms with E-state index in [2.05, 4.69) is 12.2 Å². The second kappa shape index (κ2) is 5.97. The molecule has 4 heteroatoms. The Hall–Kier alpha value is -1.00. The molecule has 106 valence electrons. The van der Waals surface area contributed by atoms with Crippen LogP contribution in [0.15, 0.2) is 18.2 Å². The van der Waals surface area contributed by atoms with E-state index in [0.717, 1.165) is 38.7 Å². The third-order valence-electron chi connectivity index (χ3n) is 3.98. The predicted octanol–water partition coefficient (Wildman–Crippen LogP) is 3.43. The summed E-state index contributed by atoms with van der Waals surface area (Å²) >= 11 is 0. The standard InChI is InChI=1S/C15H21F2NO/c1-11(12-4-3-5-13(16)14(12)17)18-10-15(2)6-8-19-9-7-15/h3-5,11,18H,6-10H2,1-2H3. The van der Waals surface area contributed by atoms with Crippen molar-refractivity contribution in [3.8, 4) is 0 Å². The van der Waals surface area contributed by atoms with Gasteiger partial charge in [0.05, 0.1) is 0 Å². The van der Waals surface area contributed by atoms with Gasteiger partial charge in [0.25, 0.3) is 0 Å². The van der Waals surface area contributed by atoms with Gasteiger partial charge in [-0.05, 0) is 31.2 Å². The lowest BCUT2D eigenvalue weighted by atomic mass is 9.82. The highest BCUT2D eigenvalue weighted by Gasteiger charge is 2.28. The maximum absolute atomic E-state index is 13.7. The molecule has 0 spiro atoms. The van der Waals surface area contributed by atoms with Gasteiger partial charge in [-0.2, -0.15) is 0 Å². The molecule has 1 aliphatic rings. The molecule has 0 aliphatic carbocycles. The van der Waals surface area contributed by atoms with E-state index < -0.39 is 11.6 Å². The van der Waals surface area contributed by atoms with Crippen LogP contribution in [-0.2, 0) is 4.74 Å². The maximum Gasteiger partial charge on any atom is 0.163 e. The zero-order chi connectivity index (χ0) is 13.9. The smallest absolute Gasteiger partial charge is 0.163 e. The molecule has 0 aromatic heterocycles. The first-order valence-corrected chi connectivity index (χ1v) is 6.77. The SMILES string of the molecule is CC(NCC1(C)CCOCC1)c1cccc(F)c1F. The fourth-order valence-corrected chi connectivity index (χ4v) is 2.41. The number of hydrogen-bond acceptors (Lipinski definition) is 2. The molecule has 2 nitrogen and oxygen atoms in total. The second-order valence-corrected chi connectivity index (χ2v) is 5.67. The number of benzene rings is 1. The number of nitrogens with one attached hydrogen (secondary N) is 1. The molecule has 1 aromatic carbocycles. The fraction of sp³-hybridized carbons (Fsp3) is 0.600. The van der Waals surface area contributed by atoms with Crippen LogP contribution in [0.3, 0.4) is 0 Å². The van der Waals surface area contributed by atoms with Crippen LogP contribution in [0.4, 0.5) is 8.78 Å². The first-order chi connectivity index (χ1) is 9.02. The zero-order valence-corrected chi connectivity index (χ0v) is 11.5. The van der Waals surface area contributed by atoms with E-state index in [1.807, 2.05) is 6.92 Å². The highest BCUT2D eigenvalue weighted by atomic mass is 19.2. The molecule has 1 aromatic rings. The van der Waals surface area contributed by atoms with Gasteiger partial charge in [-0.3, -0.25) is 0 Å². The largest absolute Gasteiger partial charge is 0.381 e. The van der Waals surface area contributed by atoms with Gasteiger partial charge in [-0.1, -0.05) is 19.1 Å². The first kappa shape index (κ1) is 14.4. The Labute approximate surface area is 113 Å². The van der Waals surface area contributed by atoms with Crippen molar-refractivity contribution in [2.45, 2.75) is 32.7 Å². The van der Waals surface area contributed by atoms with Crippen LogP contribution in [0.2, 0.25) is 0 Å². The van der Waals surface area contributed by atoms with Gasteiger partial charge < -0.3 is 10.1 Å². The van der Waals surface area contributed by atoms with Crippen molar-refractivity contribution in [1.29, 1.82) is 0 Å². The monoisotopic (exact) mass is 269 g/mol. The lowest BCUT2D eigenvalue weighted by Gasteiger charge is -2.34. The minimum atomic E-state index is -0.788. The van der Waals surface area contributed by atoms with Crippen LogP contribution in [0.5, 0.6) is 0 Å². The molecular weight excluding hydrogens is 248 g/mol. The minimum absolute atomic E-state index is 0.177. The zero-order valence-electron chi connectivity index (χ0n) is 11.5. The molecule has 0 bridgehead atoms. The minimum Gasteiger partial charge on any atom is -0.381 e. The molecule has 1 atom stereocenters. The molecule has 19 heavy (non-hydrogen) atoms. The highest BCUT2D eigenvalue weighted by molar-refractivity contribution is 5.22. The molecule has 1 unspecified atom stereocenters. The number of ether oxygens (including phenoxy) is 1. The van der Waals surface area contributed by atoms with Gasteiger partial charge >= 0.3 is 0 Å². The van der Waals surface area contributed by atoms with Crippen LogP contribution in [0, 0.1) is 17.0 Å². The van der Waals surface area contributed by atoms with Gasteiger partial charge in [0.15, 0.2) is 11.6 Å². The van der Waals surface area contributed by atoms with Crippen molar-refractivity contribution in [2.75, 3.05) is 19.8 Å². The molecule has 0 radical (unpaired) electrons. The summed E-state index contributed by atoms with van der Waals surface area (Å²) in [5.74, 6) is -1.54. The third-order valence-corrected chi connectivity index (χ3v) is 3.98. The summed E-state index contributed by atoms with van der Waals surface area (Å²) in [4.78, 5) is 0. The van der Waals surface area contributed by atoms with Crippen LogP contribution in [0.25, 0.3) is 0 Å². The van der Waals surface area contributed by atoms with Crippen molar-refractivity contribution in [2.24, 2.45) is 5.41 Å². The Morgan fingerprint density at radius 3 is 2.68 bits per heavy atom. The van der Waals surface area contributed by atoms with Gasteiger partial charge in [0.2, 0.25) is 0 Å². The normalized spacial score (nSPS) is 20.2. The van der Waals surface area contributed by atoms with E-state index in [1.54, 1.807) is 12.1 Å². The molecule has 1 fully saturated rings. The summed E-state index contributed by atoms with van der Waals surface area (Å²) in [6.45, 7) is 6.41. The highest BCUT2D eigenvalue weighted by Crippen LogP contribution is 2.30. The maximum atomic E-state index is 13.7. The Balaban J connectivity index is 1.97. The summed E-state index contributed by atoms with van der Waals surface area (Å²) in [7, 11) is 0. The van der Waals surface area contributed by atoms with Crippen molar-refractivity contribution in [1.82, 2.24) is 5.32 Å². The topological polar surface area (TPSA) is 21.3 Å². The van der Waals surface area contributed by atoms with Gasteiger partial charge in [-0.15, -0.1) is 0 Å². The average Bonchev–Trinajstić information content (AvgIpc) is 2.40. The van der Waals surface area contributed by atoms with E-state index in [0.29, 0.717) is 5.56 Å². The van der Waals surface area contributed by atoms with Crippen LogP contribution >= 0.6 is 0 Å². The van der Waals surface area contributed by atoms with Crippen LogP contribution in [-0.4, -0.2) is 19.8 Å². The summed E-state index contributed by atoms with van der Waals surface area (Å²) in [6.07, 6.45) is 2.00. The molecule has 1 saturated heterocycles. The van der Waals surface area contributed by atoms with E-state index in [9.17, 15) is 8.78 Å². The van der Waals surface area contributed by atoms with Crippen LogP contribution < -0.4 is 5.32 Å². The summed E-state index contributed by atoms with van der Waals surface area (Å²) in [6, 6.07) is 4.12. The van der Waals surface area contributed by atoms with Gasteiger partial charge in [0, 0.05) is 31.4 Å². The summed E-state index contributed by atoms with van der Waals surface area (Å²) in [5, 5.41) is 3.31. The van der Waals surface area contributed by atoms with E-state index in [1.165, 1.54) is 0 Å². The first-order valence-electron chi connectivity index (χ1n) is 6.77. The predicted molar refractivity (Wildman–Crippen MR) is 70.9 cm³/mol. The lowest BCUT2D eigenvalue weighted by molar-refractivity contribution is 0.0230. The van der Waals surface area contributed by atoms with Gasteiger partial charge in [0.1, 0.15) is 0 Å². The Kier molecular flexibility index (Phi) is 4.53. The summed E-state index contributed by atoms with van der Waals surface area (Å²) in [5.41, 5.74) is 0.562. The molecule has 2 rings (SSSR count). The quantitative estimate of drug-likeness (QED) is 0.904. The Morgan fingerprint density at radius 2 is 2.00 bits per heavy atom. The molecule has 0 saturated carbocycles. The average molecular weight is 269 g/mol. The summed E-state index contributed by atoms with van der Waals surface area (Å²) < 4.78 is 32.2. The number of rotatable bonds is 4. The fourth-order valence-electron chi connectivity index (χ4n) is 2.41. The van der Waals surface area contributed by atoms with Gasteiger partial charge in [-0.25, -0.2) is 8.78 Å². The molecule has 1 aliphatic heterocycles. The van der Waals surface area contributed by atoms with E-state index in [-0.39, 0.29) is 11.5 Å². The van der Waals surface area contributed by atoms with Crippen molar-refractivity contribution < 1.29 is 13.5 Å². The number of halogens is 2. The molecular formula is C15H21F2NO. The molecule has 0 amide bonds.